The van der Waals surface area contributed by atoms with Crippen molar-refractivity contribution in [2.24, 2.45) is 0 Å². The lowest BCUT2D eigenvalue weighted by molar-refractivity contribution is 1.04. The van der Waals surface area contributed by atoms with E-state index in [0.29, 0.717) is 5.02 Å². The number of aromatic nitrogens is 2. The molecule has 0 aliphatic heterocycles. The van der Waals surface area contributed by atoms with Crippen molar-refractivity contribution >= 4 is 11.6 Å². The highest BCUT2D eigenvalue weighted by Gasteiger charge is 1.99. The lowest BCUT2D eigenvalue weighted by atomic mass is 10.1. The van der Waals surface area contributed by atoms with E-state index < -0.39 is 0 Å². The maximum Gasteiger partial charge on any atom is 0.0944 e. The number of rotatable bonds is 1. The summed E-state index contributed by atoms with van der Waals surface area (Å²) in [6, 6.07) is 9.90. The highest BCUT2D eigenvalue weighted by atomic mass is 35.5. The number of hydrogen-bond acceptors (Lipinski definition) is 2. The molecule has 0 saturated heterocycles. The Bertz CT molecular complexity index is 437. The molecule has 14 heavy (non-hydrogen) atoms. The van der Waals surface area contributed by atoms with Gasteiger partial charge in [-0.05, 0) is 13.0 Å². The molecule has 2 rings (SSSR count). The van der Waals surface area contributed by atoms with Gasteiger partial charge in [-0.3, -0.25) is 0 Å². The number of benzene rings is 1. The normalized spacial score (nSPS) is 10.1. The first kappa shape index (κ1) is 9.16. The van der Waals surface area contributed by atoms with E-state index in [4.69, 9.17) is 11.6 Å². The van der Waals surface area contributed by atoms with Crippen LogP contribution in [0, 0.1) is 6.92 Å². The van der Waals surface area contributed by atoms with Gasteiger partial charge in [-0.25, -0.2) is 0 Å². The first-order valence-electron chi connectivity index (χ1n) is 4.31. The molecule has 0 saturated carbocycles. The summed E-state index contributed by atoms with van der Waals surface area (Å²) in [7, 11) is 0. The molecule has 0 aliphatic rings. The van der Waals surface area contributed by atoms with Crippen molar-refractivity contribution in [1.82, 2.24) is 10.2 Å². The van der Waals surface area contributed by atoms with Crippen LogP contribution in [-0.4, -0.2) is 10.2 Å². The van der Waals surface area contributed by atoms with Crippen molar-refractivity contribution in [3.8, 4) is 11.3 Å². The Morgan fingerprint density at radius 3 is 2.50 bits per heavy atom. The maximum atomic E-state index is 5.82. The standard InChI is InChI=1S/C11H9ClN2/c1-8-2-4-9(5-3-8)11-6-10(12)7-13-14-11/h2-7H,1H3. The van der Waals surface area contributed by atoms with Crippen molar-refractivity contribution in [3.05, 3.63) is 47.1 Å². The van der Waals surface area contributed by atoms with Crippen LogP contribution in [0.15, 0.2) is 36.5 Å². The summed E-state index contributed by atoms with van der Waals surface area (Å²) >= 11 is 5.82. The summed E-state index contributed by atoms with van der Waals surface area (Å²) in [6.07, 6.45) is 1.53. The number of halogens is 1. The highest BCUT2D eigenvalue weighted by molar-refractivity contribution is 6.30. The average Bonchev–Trinajstić information content (AvgIpc) is 2.19. The smallest absolute Gasteiger partial charge is 0.0944 e. The van der Waals surface area contributed by atoms with Crippen LogP contribution in [0.2, 0.25) is 5.02 Å². The fourth-order valence-corrected chi connectivity index (χ4v) is 1.36. The molecule has 0 atom stereocenters. The summed E-state index contributed by atoms with van der Waals surface area (Å²) in [4.78, 5) is 0. The molecule has 70 valence electrons. The Hall–Kier alpha value is -1.41. The molecule has 0 aliphatic carbocycles. The molecular formula is C11H9ClN2. The van der Waals surface area contributed by atoms with Crippen molar-refractivity contribution < 1.29 is 0 Å². The monoisotopic (exact) mass is 204 g/mol. The minimum Gasteiger partial charge on any atom is -0.157 e. The minimum atomic E-state index is 0.607. The molecule has 2 aromatic rings. The van der Waals surface area contributed by atoms with Gasteiger partial charge in [0.05, 0.1) is 16.9 Å². The molecular weight excluding hydrogens is 196 g/mol. The fourth-order valence-electron chi connectivity index (χ4n) is 1.21. The lowest BCUT2D eigenvalue weighted by Gasteiger charge is -2.00. The van der Waals surface area contributed by atoms with E-state index in [-0.39, 0.29) is 0 Å². The number of aryl methyl sites for hydroxylation is 1. The summed E-state index contributed by atoms with van der Waals surface area (Å²) < 4.78 is 0. The molecule has 3 heteroatoms. The van der Waals surface area contributed by atoms with Crippen LogP contribution >= 0.6 is 11.6 Å². The van der Waals surface area contributed by atoms with Gasteiger partial charge in [0.25, 0.3) is 0 Å². The molecule has 0 N–H and O–H groups in total. The molecule has 0 unspecified atom stereocenters. The zero-order valence-electron chi connectivity index (χ0n) is 7.74. The molecule has 0 radical (unpaired) electrons. The van der Waals surface area contributed by atoms with E-state index in [1.807, 2.05) is 31.2 Å². The van der Waals surface area contributed by atoms with Crippen LogP contribution in [0.25, 0.3) is 11.3 Å². The van der Waals surface area contributed by atoms with E-state index in [0.717, 1.165) is 11.3 Å². The van der Waals surface area contributed by atoms with Gasteiger partial charge in [0.15, 0.2) is 0 Å². The van der Waals surface area contributed by atoms with Gasteiger partial charge in [-0.15, -0.1) is 0 Å². The second-order valence-corrected chi connectivity index (χ2v) is 3.56. The maximum absolute atomic E-state index is 5.82. The van der Waals surface area contributed by atoms with Crippen LogP contribution in [-0.2, 0) is 0 Å². The summed E-state index contributed by atoms with van der Waals surface area (Å²) in [5.74, 6) is 0. The van der Waals surface area contributed by atoms with E-state index >= 15 is 0 Å². The Morgan fingerprint density at radius 2 is 1.86 bits per heavy atom. The molecule has 1 aromatic heterocycles. The van der Waals surface area contributed by atoms with Crippen molar-refractivity contribution in [1.29, 1.82) is 0 Å². The predicted molar refractivity (Wildman–Crippen MR) is 57.2 cm³/mol. The predicted octanol–water partition coefficient (Wildman–Crippen LogP) is 3.11. The van der Waals surface area contributed by atoms with Gasteiger partial charge >= 0.3 is 0 Å². The van der Waals surface area contributed by atoms with Crippen LogP contribution in [0.5, 0.6) is 0 Å². The third-order valence-corrected chi connectivity index (χ3v) is 2.18. The lowest BCUT2D eigenvalue weighted by Crippen LogP contribution is -1.86. The SMILES string of the molecule is Cc1ccc(-c2cc(Cl)cnn2)cc1. The second-order valence-electron chi connectivity index (χ2n) is 3.13. The third-order valence-electron chi connectivity index (χ3n) is 1.97. The summed E-state index contributed by atoms with van der Waals surface area (Å²) in [6.45, 7) is 2.05. The number of nitrogens with zero attached hydrogens (tertiary/aromatic N) is 2. The van der Waals surface area contributed by atoms with Gasteiger partial charge < -0.3 is 0 Å². The first-order valence-corrected chi connectivity index (χ1v) is 4.69. The van der Waals surface area contributed by atoms with Crippen molar-refractivity contribution in [2.75, 3.05) is 0 Å². The van der Waals surface area contributed by atoms with Crippen LogP contribution in [0.1, 0.15) is 5.56 Å². The Morgan fingerprint density at radius 1 is 1.14 bits per heavy atom. The van der Waals surface area contributed by atoms with Crippen LogP contribution in [0.3, 0.4) is 0 Å². The average molecular weight is 205 g/mol. The molecule has 2 nitrogen and oxygen atoms in total. The second kappa shape index (κ2) is 3.76. The molecule has 1 aromatic carbocycles. The zero-order valence-corrected chi connectivity index (χ0v) is 8.49. The fraction of sp³-hybridized carbons (Fsp3) is 0.0909. The van der Waals surface area contributed by atoms with Gasteiger partial charge in [-0.1, -0.05) is 41.4 Å². The summed E-state index contributed by atoms with van der Waals surface area (Å²) in [5.41, 5.74) is 3.06. The largest absolute Gasteiger partial charge is 0.157 e. The zero-order chi connectivity index (χ0) is 9.97. The molecule has 1 heterocycles. The summed E-state index contributed by atoms with van der Waals surface area (Å²) in [5, 5.41) is 8.41. The van der Waals surface area contributed by atoms with Crippen LogP contribution < -0.4 is 0 Å². The Balaban J connectivity index is 2.44. The van der Waals surface area contributed by atoms with Crippen LogP contribution in [0.4, 0.5) is 0 Å². The molecule has 0 fully saturated rings. The van der Waals surface area contributed by atoms with Gasteiger partial charge in [0.1, 0.15) is 0 Å². The minimum absolute atomic E-state index is 0.607. The Kier molecular flexibility index (Phi) is 2.46. The molecule has 0 bridgehead atoms. The molecule has 0 spiro atoms. The quantitative estimate of drug-likeness (QED) is 0.714. The van der Waals surface area contributed by atoms with Gasteiger partial charge in [0.2, 0.25) is 0 Å². The molecule has 0 amide bonds. The van der Waals surface area contributed by atoms with Gasteiger partial charge in [0, 0.05) is 5.56 Å². The van der Waals surface area contributed by atoms with E-state index in [2.05, 4.69) is 10.2 Å². The highest BCUT2D eigenvalue weighted by Crippen LogP contribution is 2.19. The third kappa shape index (κ3) is 1.91. The first-order chi connectivity index (χ1) is 6.75. The van der Waals surface area contributed by atoms with E-state index in [9.17, 15) is 0 Å². The Labute approximate surface area is 87.6 Å². The number of hydrogen-bond donors (Lipinski definition) is 0. The van der Waals surface area contributed by atoms with E-state index in [1.54, 1.807) is 6.07 Å². The van der Waals surface area contributed by atoms with Crippen molar-refractivity contribution in [3.63, 3.8) is 0 Å². The van der Waals surface area contributed by atoms with E-state index in [1.165, 1.54) is 11.8 Å². The van der Waals surface area contributed by atoms with Crippen molar-refractivity contribution in [2.45, 2.75) is 6.92 Å². The van der Waals surface area contributed by atoms with Gasteiger partial charge in [-0.2, -0.15) is 10.2 Å². The topological polar surface area (TPSA) is 25.8 Å².